The van der Waals surface area contributed by atoms with Gasteiger partial charge in [0.25, 0.3) is 5.91 Å². The van der Waals surface area contributed by atoms with Gasteiger partial charge in [0.1, 0.15) is 11.3 Å². The molecule has 0 saturated heterocycles. The Bertz CT molecular complexity index is 1140. The van der Waals surface area contributed by atoms with Crippen molar-refractivity contribution in [2.24, 2.45) is 0 Å². The second-order valence-electron chi connectivity index (χ2n) is 6.22. The van der Waals surface area contributed by atoms with Crippen molar-refractivity contribution >= 4 is 62.4 Å². The van der Waals surface area contributed by atoms with Crippen molar-refractivity contribution < 1.29 is 13.6 Å². The Morgan fingerprint density at radius 3 is 2.90 bits per heavy atom. The van der Waals surface area contributed by atoms with Crippen LogP contribution in [0, 0.1) is 11.6 Å². The van der Waals surface area contributed by atoms with E-state index in [2.05, 4.69) is 9.97 Å². The van der Waals surface area contributed by atoms with Gasteiger partial charge in [-0.1, -0.05) is 17.4 Å². The fraction of sp³-hybridized carbons (Fsp3) is 0.150. The number of fused-ring (bicyclic) bond motifs is 1. The SMILES string of the molecule is Cl.O=C(/C=C/c1cccs1)N(CCCn1ccnc1)c1nc2c(F)cc(F)cc2s1. The zero-order chi connectivity index (χ0) is 20.2. The van der Waals surface area contributed by atoms with E-state index >= 15 is 0 Å². The van der Waals surface area contributed by atoms with Gasteiger partial charge in [-0.05, 0) is 30.0 Å². The number of benzene rings is 1. The van der Waals surface area contributed by atoms with E-state index in [-0.39, 0.29) is 23.8 Å². The van der Waals surface area contributed by atoms with Crippen LogP contribution in [0.5, 0.6) is 0 Å². The van der Waals surface area contributed by atoms with Crippen molar-refractivity contribution in [2.75, 3.05) is 11.4 Å². The molecular formula is C20H17ClF2N4OS2. The van der Waals surface area contributed by atoms with E-state index in [1.807, 2.05) is 28.3 Å². The van der Waals surface area contributed by atoms with E-state index in [1.165, 1.54) is 28.4 Å². The third-order valence-electron chi connectivity index (χ3n) is 4.19. The lowest BCUT2D eigenvalue weighted by molar-refractivity contribution is -0.114. The summed E-state index contributed by atoms with van der Waals surface area (Å²) in [5, 5.41) is 2.27. The number of halogens is 3. The average Bonchev–Trinajstić information content (AvgIpc) is 3.44. The molecule has 0 radical (unpaired) electrons. The Labute approximate surface area is 185 Å². The fourth-order valence-electron chi connectivity index (χ4n) is 2.82. The van der Waals surface area contributed by atoms with Crippen molar-refractivity contribution in [2.45, 2.75) is 13.0 Å². The van der Waals surface area contributed by atoms with Crippen molar-refractivity contribution in [1.29, 1.82) is 0 Å². The molecule has 0 unspecified atom stereocenters. The number of thiophene rings is 1. The van der Waals surface area contributed by atoms with Gasteiger partial charge in [0, 0.05) is 42.5 Å². The highest BCUT2D eigenvalue weighted by molar-refractivity contribution is 7.22. The highest BCUT2D eigenvalue weighted by Gasteiger charge is 2.19. The van der Waals surface area contributed by atoms with Crippen LogP contribution in [-0.4, -0.2) is 27.0 Å². The van der Waals surface area contributed by atoms with Crippen molar-refractivity contribution in [3.8, 4) is 0 Å². The maximum absolute atomic E-state index is 14.1. The molecule has 30 heavy (non-hydrogen) atoms. The number of aryl methyl sites for hydroxylation is 1. The van der Waals surface area contributed by atoms with Gasteiger partial charge in [0.05, 0.1) is 11.0 Å². The Morgan fingerprint density at radius 2 is 2.17 bits per heavy atom. The molecule has 10 heteroatoms. The Hall–Kier alpha value is -2.62. The van der Waals surface area contributed by atoms with Crippen LogP contribution in [0.25, 0.3) is 16.3 Å². The summed E-state index contributed by atoms with van der Waals surface area (Å²) < 4.78 is 29.9. The van der Waals surface area contributed by atoms with Gasteiger partial charge in [-0.2, -0.15) is 0 Å². The summed E-state index contributed by atoms with van der Waals surface area (Å²) in [7, 11) is 0. The minimum absolute atomic E-state index is 0. The van der Waals surface area contributed by atoms with E-state index in [0.29, 0.717) is 29.3 Å². The van der Waals surface area contributed by atoms with Gasteiger partial charge in [0.15, 0.2) is 10.9 Å². The molecule has 0 aliphatic rings. The minimum atomic E-state index is -0.734. The highest BCUT2D eigenvalue weighted by Crippen LogP contribution is 2.31. The molecule has 0 aliphatic carbocycles. The molecule has 0 aliphatic heterocycles. The second-order valence-corrected chi connectivity index (χ2v) is 8.21. The first-order valence-electron chi connectivity index (χ1n) is 8.84. The first kappa shape index (κ1) is 22.1. The van der Waals surface area contributed by atoms with E-state index in [9.17, 15) is 13.6 Å². The summed E-state index contributed by atoms with van der Waals surface area (Å²) >= 11 is 2.62. The van der Waals surface area contributed by atoms with Crippen LogP contribution in [0.15, 0.2) is 54.4 Å². The van der Waals surface area contributed by atoms with Crippen LogP contribution in [0.2, 0.25) is 0 Å². The summed E-state index contributed by atoms with van der Waals surface area (Å²) in [5.41, 5.74) is 0.0704. The molecule has 3 aromatic heterocycles. The van der Waals surface area contributed by atoms with Crippen LogP contribution in [0.1, 0.15) is 11.3 Å². The number of anilines is 1. The van der Waals surface area contributed by atoms with Crippen molar-refractivity contribution in [1.82, 2.24) is 14.5 Å². The normalized spacial score (nSPS) is 11.1. The van der Waals surface area contributed by atoms with Gasteiger partial charge in [0.2, 0.25) is 0 Å². The monoisotopic (exact) mass is 466 g/mol. The van der Waals surface area contributed by atoms with E-state index in [0.717, 1.165) is 22.3 Å². The van der Waals surface area contributed by atoms with Crippen molar-refractivity contribution in [3.63, 3.8) is 0 Å². The minimum Gasteiger partial charge on any atom is -0.337 e. The molecule has 156 valence electrons. The number of carbonyl (C=O) groups is 1. The quantitative estimate of drug-likeness (QED) is 0.343. The van der Waals surface area contributed by atoms with Gasteiger partial charge < -0.3 is 4.57 Å². The lowest BCUT2D eigenvalue weighted by Gasteiger charge is -2.18. The zero-order valence-corrected chi connectivity index (χ0v) is 18.0. The molecule has 3 heterocycles. The molecule has 4 rings (SSSR count). The molecule has 0 saturated carbocycles. The number of imidazole rings is 1. The van der Waals surface area contributed by atoms with Crippen LogP contribution >= 0.6 is 35.1 Å². The molecule has 0 atom stereocenters. The van der Waals surface area contributed by atoms with Crippen LogP contribution in [0.4, 0.5) is 13.9 Å². The Kier molecular flexibility index (Phi) is 7.30. The zero-order valence-electron chi connectivity index (χ0n) is 15.6. The lowest BCUT2D eigenvalue weighted by Crippen LogP contribution is -2.30. The molecule has 1 amide bonds. The number of rotatable bonds is 7. The standard InChI is InChI=1S/C20H16F2N4OS2.ClH/c21-14-11-16(22)19-17(12-14)29-20(24-19)26(8-2-7-25-9-6-23-13-25)18(27)5-4-15-3-1-10-28-15;/h1,3-6,9-13H,2,7-8H2;1H/b5-4+;. The summed E-state index contributed by atoms with van der Waals surface area (Å²) in [6.45, 7) is 1.06. The molecule has 1 aromatic carbocycles. The number of amides is 1. The molecule has 0 N–H and O–H groups in total. The predicted octanol–water partition coefficient (Wildman–Crippen LogP) is 5.39. The number of hydrogen-bond acceptors (Lipinski definition) is 5. The lowest BCUT2D eigenvalue weighted by atomic mass is 10.3. The van der Waals surface area contributed by atoms with E-state index in [1.54, 1.807) is 18.6 Å². The Morgan fingerprint density at radius 1 is 1.30 bits per heavy atom. The largest absolute Gasteiger partial charge is 0.337 e. The number of thiazole rings is 1. The molecule has 0 fully saturated rings. The third-order valence-corrected chi connectivity index (χ3v) is 6.05. The number of hydrogen-bond donors (Lipinski definition) is 0. The Balaban J connectivity index is 0.00000256. The summed E-state index contributed by atoms with van der Waals surface area (Å²) in [5.74, 6) is -1.66. The predicted molar refractivity (Wildman–Crippen MR) is 119 cm³/mol. The van der Waals surface area contributed by atoms with Crippen LogP contribution < -0.4 is 4.90 Å². The number of aromatic nitrogens is 3. The summed E-state index contributed by atoms with van der Waals surface area (Å²) in [6.07, 6.45) is 9.12. The van der Waals surface area contributed by atoms with E-state index < -0.39 is 11.6 Å². The molecule has 0 spiro atoms. The second kappa shape index (κ2) is 9.92. The number of nitrogens with zero attached hydrogens (tertiary/aromatic N) is 4. The smallest absolute Gasteiger partial charge is 0.252 e. The maximum Gasteiger partial charge on any atom is 0.252 e. The summed E-state index contributed by atoms with van der Waals surface area (Å²) in [6, 6.07) is 5.85. The van der Waals surface area contributed by atoms with Gasteiger partial charge in [-0.15, -0.1) is 23.7 Å². The van der Waals surface area contributed by atoms with Gasteiger partial charge >= 0.3 is 0 Å². The van der Waals surface area contributed by atoms with Crippen LogP contribution in [0.3, 0.4) is 0 Å². The molecule has 5 nitrogen and oxygen atoms in total. The fourth-order valence-corrected chi connectivity index (χ4v) is 4.48. The molecular weight excluding hydrogens is 450 g/mol. The van der Waals surface area contributed by atoms with Crippen LogP contribution in [-0.2, 0) is 11.3 Å². The van der Waals surface area contributed by atoms with Gasteiger partial charge in [-0.25, -0.2) is 18.7 Å². The number of carbonyl (C=O) groups excluding carboxylic acids is 1. The molecule has 0 bridgehead atoms. The molecule has 4 aromatic rings. The van der Waals surface area contributed by atoms with Crippen molar-refractivity contribution in [3.05, 3.63) is 71.0 Å². The average molecular weight is 467 g/mol. The summed E-state index contributed by atoms with van der Waals surface area (Å²) in [4.78, 5) is 23.6. The van der Waals surface area contributed by atoms with Gasteiger partial charge in [-0.3, -0.25) is 9.69 Å². The first-order chi connectivity index (χ1) is 14.1. The highest BCUT2D eigenvalue weighted by atomic mass is 35.5. The maximum atomic E-state index is 14.1. The first-order valence-corrected chi connectivity index (χ1v) is 10.5. The topological polar surface area (TPSA) is 51.0 Å². The van der Waals surface area contributed by atoms with E-state index in [4.69, 9.17) is 0 Å². The third kappa shape index (κ3) is 5.10.